The van der Waals surface area contributed by atoms with Gasteiger partial charge in [0.1, 0.15) is 0 Å². The monoisotopic (exact) mass is 228 g/mol. The predicted octanol–water partition coefficient (Wildman–Crippen LogP) is 0.0538. The van der Waals surface area contributed by atoms with E-state index in [1.807, 2.05) is 0 Å². The molecule has 2 N–H and O–H groups in total. The molecule has 0 aromatic rings. The summed E-state index contributed by atoms with van der Waals surface area (Å²) in [5, 5.41) is 5.31. The van der Waals surface area contributed by atoms with E-state index in [9.17, 15) is 9.59 Å². The summed E-state index contributed by atoms with van der Waals surface area (Å²) in [4.78, 5) is 22.5. The largest absolute Gasteiger partial charge is 0.376 e. The van der Waals surface area contributed by atoms with Gasteiger partial charge in [-0.1, -0.05) is 13.8 Å². The maximum absolute atomic E-state index is 11.3. The summed E-state index contributed by atoms with van der Waals surface area (Å²) in [5.74, 6) is -0.359. The Hall–Kier alpha value is -1.10. The van der Waals surface area contributed by atoms with Crippen LogP contribution in [0.1, 0.15) is 26.7 Å². The molecule has 0 aromatic carbocycles. The maximum atomic E-state index is 11.3. The Morgan fingerprint density at radius 1 is 1.38 bits per heavy atom. The average molecular weight is 228 g/mol. The van der Waals surface area contributed by atoms with Gasteiger partial charge >= 0.3 is 0 Å². The molecular weight excluding hydrogens is 208 g/mol. The number of amides is 2. The zero-order chi connectivity index (χ0) is 12.0. The Morgan fingerprint density at radius 3 is 2.69 bits per heavy atom. The standard InChI is InChI=1S/C11H20N2O3/c1-8(2)11(15)13-7-10(14)12-6-9-4-3-5-16-9/h8-9H,3-7H2,1-2H3,(H,12,14)(H,13,15). The number of ether oxygens (including phenoxy) is 1. The topological polar surface area (TPSA) is 67.4 Å². The molecule has 0 aromatic heterocycles. The fraction of sp³-hybridized carbons (Fsp3) is 0.818. The number of hydrogen-bond donors (Lipinski definition) is 2. The van der Waals surface area contributed by atoms with E-state index in [0.717, 1.165) is 19.4 Å². The second kappa shape index (κ2) is 6.48. The zero-order valence-electron chi connectivity index (χ0n) is 9.91. The van der Waals surface area contributed by atoms with E-state index >= 15 is 0 Å². The van der Waals surface area contributed by atoms with E-state index in [-0.39, 0.29) is 30.4 Å². The number of rotatable bonds is 5. The molecule has 1 atom stereocenters. The smallest absolute Gasteiger partial charge is 0.239 e. The molecular formula is C11H20N2O3. The lowest BCUT2D eigenvalue weighted by Gasteiger charge is -2.11. The van der Waals surface area contributed by atoms with Crippen molar-refractivity contribution in [2.45, 2.75) is 32.8 Å². The van der Waals surface area contributed by atoms with Crippen molar-refractivity contribution in [2.24, 2.45) is 5.92 Å². The molecule has 1 heterocycles. The normalized spacial score (nSPS) is 19.8. The van der Waals surface area contributed by atoms with E-state index in [2.05, 4.69) is 10.6 Å². The molecule has 16 heavy (non-hydrogen) atoms. The van der Waals surface area contributed by atoms with Crippen LogP contribution in [0.25, 0.3) is 0 Å². The Bertz CT molecular complexity index is 248. The lowest BCUT2D eigenvalue weighted by atomic mass is 10.2. The quantitative estimate of drug-likeness (QED) is 0.699. The third kappa shape index (κ3) is 4.61. The summed E-state index contributed by atoms with van der Waals surface area (Å²) in [6.45, 7) is 4.95. The van der Waals surface area contributed by atoms with E-state index in [1.165, 1.54) is 0 Å². The van der Waals surface area contributed by atoms with Gasteiger partial charge in [-0.2, -0.15) is 0 Å². The molecule has 1 aliphatic rings. The lowest BCUT2D eigenvalue weighted by Crippen LogP contribution is -2.41. The van der Waals surface area contributed by atoms with Crippen LogP contribution in [0.5, 0.6) is 0 Å². The molecule has 0 saturated carbocycles. The molecule has 5 heteroatoms. The van der Waals surface area contributed by atoms with E-state index in [1.54, 1.807) is 13.8 Å². The molecule has 2 amide bonds. The van der Waals surface area contributed by atoms with Crippen molar-refractivity contribution in [3.8, 4) is 0 Å². The zero-order valence-corrected chi connectivity index (χ0v) is 9.91. The highest BCUT2D eigenvalue weighted by Gasteiger charge is 2.16. The maximum Gasteiger partial charge on any atom is 0.239 e. The lowest BCUT2D eigenvalue weighted by molar-refractivity contribution is -0.128. The average Bonchev–Trinajstić information content (AvgIpc) is 2.75. The predicted molar refractivity (Wildman–Crippen MR) is 59.8 cm³/mol. The first-order valence-corrected chi connectivity index (χ1v) is 5.75. The Balaban J connectivity index is 2.08. The van der Waals surface area contributed by atoms with Crippen molar-refractivity contribution in [2.75, 3.05) is 19.7 Å². The molecule has 1 rings (SSSR count). The summed E-state index contributed by atoms with van der Waals surface area (Å²) in [7, 11) is 0. The first-order chi connectivity index (χ1) is 7.59. The molecule has 0 radical (unpaired) electrons. The number of carbonyl (C=O) groups is 2. The fourth-order valence-electron chi connectivity index (χ4n) is 1.47. The summed E-state index contributed by atoms with van der Waals surface area (Å²) in [6, 6.07) is 0. The minimum Gasteiger partial charge on any atom is -0.376 e. The van der Waals surface area contributed by atoms with Crippen LogP contribution in [-0.4, -0.2) is 37.6 Å². The van der Waals surface area contributed by atoms with Gasteiger partial charge in [-0.25, -0.2) is 0 Å². The summed E-state index contributed by atoms with van der Waals surface area (Å²) >= 11 is 0. The second-order valence-corrected chi connectivity index (χ2v) is 4.31. The minimum absolute atomic E-state index is 0.0454. The third-order valence-electron chi connectivity index (χ3n) is 2.50. The van der Waals surface area contributed by atoms with E-state index < -0.39 is 0 Å². The molecule has 5 nitrogen and oxygen atoms in total. The van der Waals surface area contributed by atoms with Gasteiger partial charge in [0, 0.05) is 19.1 Å². The van der Waals surface area contributed by atoms with Crippen LogP contribution in [0.4, 0.5) is 0 Å². The van der Waals surface area contributed by atoms with Crippen molar-refractivity contribution in [1.82, 2.24) is 10.6 Å². The highest BCUT2D eigenvalue weighted by Crippen LogP contribution is 2.10. The second-order valence-electron chi connectivity index (χ2n) is 4.31. The third-order valence-corrected chi connectivity index (χ3v) is 2.50. The van der Waals surface area contributed by atoms with Crippen LogP contribution in [0, 0.1) is 5.92 Å². The van der Waals surface area contributed by atoms with E-state index in [0.29, 0.717) is 6.54 Å². The Labute approximate surface area is 95.9 Å². The Kier molecular flexibility index (Phi) is 5.25. The highest BCUT2D eigenvalue weighted by molar-refractivity contribution is 5.85. The van der Waals surface area contributed by atoms with Gasteiger partial charge in [-0.15, -0.1) is 0 Å². The number of nitrogens with one attached hydrogen (secondary N) is 2. The van der Waals surface area contributed by atoms with Gasteiger partial charge in [0.25, 0.3) is 0 Å². The van der Waals surface area contributed by atoms with E-state index in [4.69, 9.17) is 4.74 Å². The van der Waals surface area contributed by atoms with Crippen LogP contribution < -0.4 is 10.6 Å². The molecule has 1 fully saturated rings. The van der Waals surface area contributed by atoms with Crippen molar-refractivity contribution in [3.05, 3.63) is 0 Å². The van der Waals surface area contributed by atoms with Gasteiger partial charge in [0.2, 0.25) is 11.8 Å². The van der Waals surface area contributed by atoms with Crippen molar-refractivity contribution in [3.63, 3.8) is 0 Å². The van der Waals surface area contributed by atoms with Gasteiger partial charge < -0.3 is 15.4 Å². The molecule has 0 spiro atoms. The summed E-state index contributed by atoms with van der Waals surface area (Å²) in [6.07, 6.45) is 2.20. The van der Waals surface area contributed by atoms with Crippen molar-refractivity contribution >= 4 is 11.8 Å². The van der Waals surface area contributed by atoms with Crippen molar-refractivity contribution in [1.29, 1.82) is 0 Å². The SMILES string of the molecule is CC(C)C(=O)NCC(=O)NCC1CCCO1. The molecule has 0 bridgehead atoms. The van der Waals surface area contributed by atoms with Gasteiger partial charge in [-0.3, -0.25) is 9.59 Å². The summed E-state index contributed by atoms with van der Waals surface area (Å²) in [5.41, 5.74) is 0. The van der Waals surface area contributed by atoms with Crippen molar-refractivity contribution < 1.29 is 14.3 Å². The molecule has 92 valence electrons. The van der Waals surface area contributed by atoms with Gasteiger partial charge in [0.15, 0.2) is 0 Å². The minimum atomic E-state index is -0.162. The molecule has 1 aliphatic heterocycles. The van der Waals surface area contributed by atoms with Crippen LogP contribution in [0.2, 0.25) is 0 Å². The van der Waals surface area contributed by atoms with Crippen LogP contribution >= 0.6 is 0 Å². The molecule has 1 saturated heterocycles. The van der Waals surface area contributed by atoms with Crippen LogP contribution in [0.3, 0.4) is 0 Å². The molecule has 1 unspecified atom stereocenters. The Morgan fingerprint density at radius 2 is 2.12 bits per heavy atom. The van der Waals surface area contributed by atoms with Crippen LogP contribution in [-0.2, 0) is 14.3 Å². The number of carbonyl (C=O) groups excluding carboxylic acids is 2. The first kappa shape index (κ1) is 13.0. The van der Waals surface area contributed by atoms with Gasteiger partial charge in [0.05, 0.1) is 12.6 Å². The number of hydrogen-bond acceptors (Lipinski definition) is 3. The highest BCUT2D eigenvalue weighted by atomic mass is 16.5. The van der Waals surface area contributed by atoms with Gasteiger partial charge in [-0.05, 0) is 12.8 Å². The fourth-order valence-corrected chi connectivity index (χ4v) is 1.47. The molecule has 0 aliphatic carbocycles. The van der Waals surface area contributed by atoms with Crippen LogP contribution in [0.15, 0.2) is 0 Å². The summed E-state index contributed by atoms with van der Waals surface area (Å²) < 4.78 is 5.37. The first-order valence-electron chi connectivity index (χ1n) is 5.75.